The molecule has 2 amide bonds. The Balaban J connectivity index is 1.62. The van der Waals surface area contributed by atoms with E-state index < -0.39 is 23.5 Å². The van der Waals surface area contributed by atoms with Crippen LogP contribution in [0.4, 0.5) is 11.4 Å². The fraction of sp³-hybridized carbons (Fsp3) is 0.222. The number of hydrogen-bond acceptors (Lipinski definition) is 7. The number of nitrogens with one attached hydrogen (secondary N) is 3. The molecule has 3 atom stereocenters. The molecular weight excluding hydrogens is 572 g/mol. The third-order valence-corrected chi connectivity index (χ3v) is 8.49. The smallest absolute Gasteiger partial charge is 0.234 e. The molecule has 10 heteroatoms. The number of benzene rings is 2. The van der Waals surface area contributed by atoms with Crippen LogP contribution in [0.15, 0.2) is 81.1 Å². The lowest BCUT2D eigenvalue weighted by Gasteiger charge is -2.43. The number of para-hydroxylation sites is 1. The van der Waals surface area contributed by atoms with Gasteiger partial charge < -0.3 is 21.1 Å². The molecule has 4 N–H and O–H groups in total. The van der Waals surface area contributed by atoms with Gasteiger partial charge in [0.05, 0.1) is 28.3 Å². The van der Waals surface area contributed by atoms with Crippen molar-refractivity contribution >= 4 is 62.2 Å². The van der Waals surface area contributed by atoms with Crippen molar-refractivity contribution in [1.82, 2.24) is 5.32 Å². The molecule has 0 fully saturated rings. The van der Waals surface area contributed by atoms with Crippen molar-refractivity contribution in [2.24, 2.45) is 5.92 Å². The molecule has 1 aliphatic rings. The summed E-state index contributed by atoms with van der Waals surface area (Å²) in [5.41, 5.74) is 0.792. The van der Waals surface area contributed by atoms with Gasteiger partial charge in [-0.05, 0) is 61.2 Å². The van der Waals surface area contributed by atoms with E-state index in [1.165, 1.54) is 18.3 Å². The number of carbonyl (C=O) groups is 2. The van der Waals surface area contributed by atoms with Crippen molar-refractivity contribution in [2.45, 2.75) is 25.5 Å². The highest BCUT2D eigenvalue weighted by Crippen LogP contribution is 2.46. The van der Waals surface area contributed by atoms with Crippen LogP contribution in [0.3, 0.4) is 0 Å². The molecule has 0 aliphatic carbocycles. The van der Waals surface area contributed by atoms with E-state index in [0.717, 1.165) is 26.7 Å². The fourth-order valence-corrected chi connectivity index (χ4v) is 6.31. The number of nitrogens with zero attached hydrogens (tertiary/aromatic N) is 1. The maximum atomic E-state index is 13.6. The standard InChI is InChI=1S/C27H25BrN4O3S2/c1-16-6-3-4-7-20(16)31-25(34)24-23(21-8-5-13-36-21)19(14-29)26(32-27(24,2)35)37-15-22(33)30-18-11-9-17(28)10-12-18/h3-13,23-24,32,35H,15H2,1-2H3,(H,30,33)(H,31,34)/t23-,24-,27+/m1/s1. The topological polar surface area (TPSA) is 114 Å². The summed E-state index contributed by atoms with van der Waals surface area (Å²) in [7, 11) is 0. The number of allylic oxidation sites excluding steroid dienone is 1. The Morgan fingerprint density at radius 2 is 1.89 bits per heavy atom. The Morgan fingerprint density at radius 3 is 2.54 bits per heavy atom. The first-order chi connectivity index (χ1) is 17.7. The quantitative estimate of drug-likeness (QED) is 0.283. The summed E-state index contributed by atoms with van der Waals surface area (Å²) in [5, 5.41) is 32.7. The van der Waals surface area contributed by atoms with Crippen LogP contribution < -0.4 is 16.0 Å². The lowest BCUT2D eigenvalue weighted by atomic mass is 9.76. The highest BCUT2D eigenvalue weighted by atomic mass is 79.9. The van der Waals surface area contributed by atoms with E-state index in [1.54, 1.807) is 18.2 Å². The number of amides is 2. The summed E-state index contributed by atoms with van der Waals surface area (Å²) < 4.78 is 0.901. The minimum atomic E-state index is -1.69. The molecule has 1 aliphatic heterocycles. The van der Waals surface area contributed by atoms with E-state index in [9.17, 15) is 20.0 Å². The Bertz CT molecular complexity index is 1370. The Morgan fingerprint density at radius 1 is 1.16 bits per heavy atom. The minimum absolute atomic E-state index is 0.0108. The number of nitriles is 1. The molecule has 0 bridgehead atoms. The average molecular weight is 598 g/mol. The van der Waals surface area contributed by atoms with Crippen molar-refractivity contribution in [3.63, 3.8) is 0 Å². The number of aryl methyl sites for hydroxylation is 1. The summed E-state index contributed by atoms with van der Waals surface area (Å²) in [5.74, 6) is -2.35. The first-order valence-corrected chi connectivity index (χ1v) is 14.1. The maximum absolute atomic E-state index is 13.6. The molecule has 2 aromatic carbocycles. The van der Waals surface area contributed by atoms with Gasteiger partial charge in [0, 0.05) is 26.6 Å². The number of anilines is 2. The van der Waals surface area contributed by atoms with Gasteiger partial charge in [0.25, 0.3) is 0 Å². The van der Waals surface area contributed by atoms with Crippen LogP contribution in [0, 0.1) is 24.2 Å². The molecule has 0 saturated heterocycles. The third-order valence-electron chi connectivity index (χ3n) is 5.99. The van der Waals surface area contributed by atoms with Crippen LogP contribution in [0.1, 0.15) is 23.3 Å². The van der Waals surface area contributed by atoms with Crippen LogP contribution in [-0.2, 0) is 9.59 Å². The van der Waals surface area contributed by atoms with Gasteiger partial charge in [-0.25, -0.2) is 0 Å². The van der Waals surface area contributed by atoms with Crippen LogP contribution >= 0.6 is 39.0 Å². The van der Waals surface area contributed by atoms with Crippen molar-refractivity contribution < 1.29 is 14.7 Å². The number of thioether (sulfide) groups is 1. The maximum Gasteiger partial charge on any atom is 0.234 e. The normalized spacial score (nSPS) is 21.1. The zero-order chi connectivity index (χ0) is 26.6. The number of rotatable bonds is 7. The zero-order valence-corrected chi connectivity index (χ0v) is 23.3. The molecular formula is C27H25BrN4O3S2. The summed E-state index contributed by atoms with van der Waals surface area (Å²) in [4.78, 5) is 27.0. The van der Waals surface area contributed by atoms with E-state index in [0.29, 0.717) is 22.0 Å². The second-order valence-corrected chi connectivity index (χ2v) is 11.6. The van der Waals surface area contributed by atoms with Gasteiger partial charge in [0.1, 0.15) is 5.72 Å². The van der Waals surface area contributed by atoms with Gasteiger partial charge in [-0.15, -0.1) is 11.3 Å². The number of carbonyl (C=O) groups excluding carboxylic acids is 2. The summed E-state index contributed by atoms with van der Waals surface area (Å²) >= 11 is 5.90. The van der Waals surface area contributed by atoms with Crippen LogP contribution in [0.2, 0.25) is 0 Å². The summed E-state index contributed by atoms with van der Waals surface area (Å²) in [6.07, 6.45) is 0. The number of aliphatic hydroxyl groups is 1. The van der Waals surface area contributed by atoms with Crippen molar-refractivity contribution in [3.05, 3.63) is 91.6 Å². The van der Waals surface area contributed by atoms with Crippen LogP contribution in [-0.4, -0.2) is 28.4 Å². The highest BCUT2D eigenvalue weighted by Gasteiger charge is 2.50. The Kier molecular flexibility index (Phi) is 8.39. The molecule has 2 heterocycles. The number of thiophene rings is 1. The number of halogens is 1. The van der Waals surface area contributed by atoms with Crippen LogP contribution in [0.5, 0.6) is 0 Å². The predicted molar refractivity (Wildman–Crippen MR) is 152 cm³/mol. The van der Waals surface area contributed by atoms with Crippen LogP contribution in [0.25, 0.3) is 0 Å². The van der Waals surface area contributed by atoms with Crippen molar-refractivity contribution in [2.75, 3.05) is 16.4 Å². The molecule has 0 unspecified atom stereocenters. The lowest BCUT2D eigenvalue weighted by Crippen LogP contribution is -2.57. The van der Waals surface area contributed by atoms with Gasteiger partial charge in [-0.1, -0.05) is 52.0 Å². The summed E-state index contributed by atoms with van der Waals surface area (Å²) in [6, 6.07) is 20.5. The highest BCUT2D eigenvalue weighted by molar-refractivity contribution is 9.10. The molecule has 0 spiro atoms. The lowest BCUT2D eigenvalue weighted by molar-refractivity contribution is -0.131. The monoisotopic (exact) mass is 596 g/mol. The second-order valence-electron chi connectivity index (χ2n) is 8.75. The van der Waals surface area contributed by atoms with E-state index in [1.807, 2.05) is 54.8 Å². The fourth-order valence-electron chi connectivity index (χ4n) is 4.21. The van der Waals surface area contributed by atoms with E-state index in [4.69, 9.17) is 0 Å². The zero-order valence-electron chi connectivity index (χ0n) is 20.1. The number of hydrogen-bond donors (Lipinski definition) is 4. The van der Waals surface area contributed by atoms with Gasteiger partial charge in [0.2, 0.25) is 11.8 Å². The second kappa shape index (κ2) is 11.5. The largest absolute Gasteiger partial charge is 0.370 e. The van der Waals surface area contributed by atoms with Crippen molar-refractivity contribution in [3.8, 4) is 6.07 Å². The molecule has 37 heavy (non-hydrogen) atoms. The third kappa shape index (κ3) is 6.25. The summed E-state index contributed by atoms with van der Waals surface area (Å²) in [6.45, 7) is 3.41. The van der Waals surface area contributed by atoms with E-state index in [2.05, 4.69) is 37.9 Å². The van der Waals surface area contributed by atoms with Crippen molar-refractivity contribution in [1.29, 1.82) is 5.26 Å². The van der Waals surface area contributed by atoms with Gasteiger partial charge in [-0.2, -0.15) is 5.26 Å². The molecule has 190 valence electrons. The minimum Gasteiger partial charge on any atom is -0.370 e. The molecule has 0 saturated carbocycles. The molecule has 4 rings (SSSR count). The van der Waals surface area contributed by atoms with E-state index in [-0.39, 0.29) is 11.7 Å². The van der Waals surface area contributed by atoms with Gasteiger partial charge in [0.15, 0.2) is 0 Å². The predicted octanol–water partition coefficient (Wildman–Crippen LogP) is 5.58. The molecule has 3 aromatic rings. The molecule has 0 radical (unpaired) electrons. The van der Waals surface area contributed by atoms with E-state index >= 15 is 0 Å². The SMILES string of the molecule is Cc1ccccc1NC(=O)[C@H]1[C@@H](c2cccs2)C(C#N)=C(SCC(=O)Nc2ccc(Br)cc2)N[C@@]1(C)O. The first-order valence-electron chi connectivity index (χ1n) is 11.4. The average Bonchev–Trinajstić information content (AvgIpc) is 3.39. The molecule has 7 nitrogen and oxygen atoms in total. The van der Waals surface area contributed by atoms with Gasteiger partial charge >= 0.3 is 0 Å². The Hall–Kier alpha value is -3.10. The Labute approximate surface area is 232 Å². The first kappa shape index (κ1) is 26.9. The molecule has 1 aromatic heterocycles. The van der Waals surface area contributed by atoms with Gasteiger partial charge in [-0.3, -0.25) is 9.59 Å².